The molecular weight excluding hydrogens is 424 g/mol. The summed E-state index contributed by atoms with van der Waals surface area (Å²) in [5, 5.41) is 10.8. The highest BCUT2D eigenvalue weighted by Gasteiger charge is 2.36. The zero-order valence-electron chi connectivity index (χ0n) is 7.79. The maximum atomic E-state index is 12.1. The van der Waals surface area contributed by atoms with Crippen LogP contribution in [0.25, 0.3) is 0 Å². The predicted molar refractivity (Wildman–Crippen MR) is 62.9 cm³/mol. The predicted octanol–water partition coefficient (Wildman–Crippen LogP) is 3.39. The van der Waals surface area contributed by atoms with Gasteiger partial charge in [0.2, 0.25) is 5.75 Å². The quantitative estimate of drug-likeness (QED) is 0.244. The van der Waals surface area contributed by atoms with E-state index in [0.717, 1.165) is 6.07 Å². The third-order valence-electron chi connectivity index (χ3n) is 1.52. The lowest BCUT2D eigenvalue weighted by atomic mass is 10.3. The number of nitrogens with zero attached hydrogens (tertiary/aromatic N) is 2. The average Bonchev–Trinajstić information content (AvgIpc) is 2.18. The molecule has 5 nitrogen and oxygen atoms in total. The number of alkyl halides is 4. The molecule has 0 spiro atoms. The van der Waals surface area contributed by atoms with Crippen LogP contribution in [0.4, 0.5) is 18.9 Å². The van der Waals surface area contributed by atoms with Crippen molar-refractivity contribution in [1.29, 1.82) is 0 Å². The van der Waals surface area contributed by atoms with E-state index < -0.39 is 22.7 Å². The van der Waals surface area contributed by atoms with Crippen LogP contribution in [0.2, 0.25) is 0 Å². The van der Waals surface area contributed by atoms with Gasteiger partial charge in [0.05, 0.1) is 10.6 Å². The van der Waals surface area contributed by atoms with Crippen LogP contribution in [0.1, 0.15) is 5.69 Å². The van der Waals surface area contributed by atoms with Gasteiger partial charge in [-0.15, -0.1) is 13.2 Å². The summed E-state index contributed by atoms with van der Waals surface area (Å²) in [6.45, 7) is 0. The molecule has 0 aliphatic carbocycles. The van der Waals surface area contributed by atoms with Crippen molar-refractivity contribution in [2.24, 2.45) is 0 Å². The smallest absolute Gasteiger partial charge is 0.396 e. The number of rotatable bonds is 3. The van der Waals surface area contributed by atoms with E-state index in [4.69, 9.17) is 0 Å². The molecule has 0 bridgehead atoms. The molecule has 0 aliphatic rings. The third-order valence-corrected chi connectivity index (χ3v) is 2.82. The largest absolute Gasteiger partial charge is 0.573 e. The summed E-state index contributed by atoms with van der Waals surface area (Å²) in [6.07, 6.45) is -5.00. The van der Waals surface area contributed by atoms with Crippen LogP contribution < -0.4 is 4.74 Å². The first-order valence-electron chi connectivity index (χ1n) is 3.90. The number of nitro groups is 1. The van der Waals surface area contributed by atoms with Crippen molar-refractivity contribution in [2.75, 3.05) is 0 Å². The fourth-order valence-electron chi connectivity index (χ4n) is 0.952. The van der Waals surface area contributed by atoms with Crippen LogP contribution in [-0.2, 0) is 5.33 Å². The number of ether oxygens (including phenoxy) is 1. The summed E-state index contributed by atoms with van der Waals surface area (Å²) in [5.74, 6) is -0.896. The second kappa shape index (κ2) is 5.33. The van der Waals surface area contributed by atoms with E-state index in [-0.39, 0.29) is 14.7 Å². The molecule has 17 heavy (non-hydrogen) atoms. The molecule has 0 radical (unpaired) electrons. The standard InChI is InChI=1S/C7H3BrF3IN2O3/c8-2-3-1-4(14(15)16)5(6(12)13-3)17-7(9,10)11/h1H,2H2. The highest BCUT2D eigenvalue weighted by Crippen LogP contribution is 2.36. The summed E-state index contributed by atoms with van der Waals surface area (Å²) in [7, 11) is 0. The maximum absolute atomic E-state index is 12.1. The van der Waals surface area contributed by atoms with Crippen LogP contribution in [0, 0.1) is 13.8 Å². The van der Waals surface area contributed by atoms with Gasteiger partial charge in [-0.25, -0.2) is 4.98 Å². The van der Waals surface area contributed by atoms with E-state index in [1.165, 1.54) is 22.6 Å². The van der Waals surface area contributed by atoms with Crippen molar-refractivity contribution in [3.05, 3.63) is 25.6 Å². The Morgan fingerprint density at radius 2 is 2.18 bits per heavy atom. The van der Waals surface area contributed by atoms with Crippen LogP contribution in [0.15, 0.2) is 6.07 Å². The Balaban J connectivity index is 3.32. The van der Waals surface area contributed by atoms with Gasteiger partial charge in [-0.3, -0.25) is 10.1 Å². The van der Waals surface area contributed by atoms with Crippen molar-refractivity contribution in [2.45, 2.75) is 11.7 Å². The molecule has 0 amide bonds. The van der Waals surface area contributed by atoms with Gasteiger partial charge in [-0.05, 0) is 22.6 Å². The fourth-order valence-corrected chi connectivity index (χ4v) is 1.94. The van der Waals surface area contributed by atoms with Gasteiger partial charge in [0, 0.05) is 11.4 Å². The highest BCUT2D eigenvalue weighted by molar-refractivity contribution is 14.1. The molecule has 0 saturated carbocycles. The lowest BCUT2D eigenvalue weighted by Crippen LogP contribution is -2.19. The minimum atomic E-state index is -5.00. The molecular formula is C7H3BrF3IN2O3. The van der Waals surface area contributed by atoms with Crippen molar-refractivity contribution in [1.82, 2.24) is 4.98 Å². The number of aromatic nitrogens is 1. The highest BCUT2D eigenvalue weighted by atomic mass is 127. The van der Waals surface area contributed by atoms with E-state index in [0.29, 0.717) is 0 Å². The van der Waals surface area contributed by atoms with Gasteiger partial charge in [-0.1, -0.05) is 15.9 Å². The molecule has 1 aromatic rings. The topological polar surface area (TPSA) is 65.3 Å². The van der Waals surface area contributed by atoms with Crippen LogP contribution in [-0.4, -0.2) is 16.3 Å². The summed E-state index contributed by atoms with van der Waals surface area (Å²) in [6, 6.07) is 0.929. The molecule has 0 atom stereocenters. The molecule has 1 rings (SSSR count). The molecule has 0 saturated heterocycles. The molecule has 0 fully saturated rings. The van der Waals surface area contributed by atoms with Crippen molar-refractivity contribution in [3.63, 3.8) is 0 Å². The SMILES string of the molecule is O=[N+]([O-])c1cc(CBr)nc(I)c1OC(F)(F)F. The average molecular weight is 427 g/mol. The number of pyridine rings is 1. The van der Waals surface area contributed by atoms with Crippen molar-refractivity contribution < 1.29 is 22.8 Å². The molecule has 0 aliphatic heterocycles. The molecule has 1 aromatic heterocycles. The zero-order chi connectivity index (χ0) is 13.2. The fraction of sp³-hybridized carbons (Fsp3) is 0.286. The Bertz CT molecular complexity index is 455. The van der Waals surface area contributed by atoms with Gasteiger partial charge < -0.3 is 4.74 Å². The molecule has 94 valence electrons. The van der Waals surface area contributed by atoms with Gasteiger partial charge in [0.1, 0.15) is 0 Å². The lowest BCUT2D eigenvalue weighted by Gasteiger charge is -2.10. The van der Waals surface area contributed by atoms with Gasteiger partial charge in [0.25, 0.3) is 0 Å². The number of halogens is 5. The molecule has 10 heteroatoms. The Morgan fingerprint density at radius 3 is 2.59 bits per heavy atom. The number of hydrogen-bond donors (Lipinski definition) is 0. The van der Waals surface area contributed by atoms with E-state index in [9.17, 15) is 23.3 Å². The Labute approximate surface area is 115 Å². The van der Waals surface area contributed by atoms with Crippen LogP contribution >= 0.6 is 38.5 Å². The van der Waals surface area contributed by atoms with Crippen LogP contribution in [0.3, 0.4) is 0 Å². The summed E-state index contributed by atoms with van der Waals surface area (Å²) in [4.78, 5) is 13.4. The third kappa shape index (κ3) is 3.94. The first kappa shape index (κ1) is 14.4. The van der Waals surface area contributed by atoms with Crippen molar-refractivity contribution >= 4 is 44.2 Å². The van der Waals surface area contributed by atoms with Crippen molar-refractivity contribution in [3.8, 4) is 5.75 Å². The first-order chi connectivity index (χ1) is 7.74. The van der Waals surface area contributed by atoms with E-state index in [1.807, 2.05) is 0 Å². The van der Waals surface area contributed by atoms with E-state index in [1.54, 1.807) is 0 Å². The zero-order valence-corrected chi connectivity index (χ0v) is 11.5. The Kier molecular flexibility index (Phi) is 4.52. The van der Waals surface area contributed by atoms with E-state index >= 15 is 0 Å². The number of hydrogen-bond acceptors (Lipinski definition) is 4. The Hall–Kier alpha value is -0.650. The van der Waals surface area contributed by atoms with E-state index in [2.05, 4.69) is 25.7 Å². The van der Waals surface area contributed by atoms with Gasteiger partial charge in [-0.2, -0.15) is 0 Å². The molecule has 1 heterocycles. The molecule has 0 aromatic carbocycles. The van der Waals surface area contributed by atoms with Crippen LogP contribution in [0.5, 0.6) is 5.75 Å². The maximum Gasteiger partial charge on any atom is 0.573 e. The first-order valence-corrected chi connectivity index (χ1v) is 6.10. The second-order valence-electron chi connectivity index (χ2n) is 2.69. The minimum Gasteiger partial charge on any atom is -0.396 e. The summed E-state index contributed by atoms with van der Waals surface area (Å²) in [5.41, 5.74) is -0.521. The lowest BCUT2D eigenvalue weighted by molar-refractivity contribution is -0.388. The second-order valence-corrected chi connectivity index (χ2v) is 4.27. The summed E-state index contributed by atoms with van der Waals surface area (Å²) >= 11 is 4.46. The van der Waals surface area contributed by atoms with Gasteiger partial charge >= 0.3 is 12.0 Å². The summed E-state index contributed by atoms with van der Waals surface area (Å²) < 4.78 is 39.6. The molecule has 0 unspecified atom stereocenters. The monoisotopic (exact) mass is 426 g/mol. The minimum absolute atomic E-state index is 0.191. The normalized spacial score (nSPS) is 11.4. The molecule has 0 N–H and O–H groups in total. The van der Waals surface area contributed by atoms with Gasteiger partial charge in [0.15, 0.2) is 3.70 Å². The Morgan fingerprint density at radius 1 is 1.59 bits per heavy atom.